The highest BCUT2D eigenvalue weighted by Gasteiger charge is 2.17. The van der Waals surface area contributed by atoms with Gasteiger partial charge in [0.1, 0.15) is 11.5 Å². The maximum atomic E-state index is 12.5. The van der Waals surface area contributed by atoms with Crippen LogP contribution in [0.5, 0.6) is 11.5 Å². The van der Waals surface area contributed by atoms with Crippen LogP contribution in [-0.2, 0) is 4.79 Å². The Labute approximate surface area is 116 Å². The van der Waals surface area contributed by atoms with Crippen molar-refractivity contribution in [3.05, 3.63) is 59.2 Å². The van der Waals surface area contributed by atoms with E-state index < -0.39 is 0 Å². The van der Waals surface area contributed by atoms with Gasteiger partial charge in [-0.2, -0.15) is 0 Å². The lowest BCUT2D eigenvalue weighted by atomic mass is 10.00. The third-order valence-corrected chi connectivity index (χ3v) is 2.91. The van der Waals surface area contributed by atoms with E-state index in [1.807, 2.05) is 0 Å². The molecule has 0 aromatic heterocycles. The Bertz CT molecular complexity index is 647. The van der Waals surface area contributed by atoms with E-state index >= 15 is 0 Å². The molecule has 4 heteroatoms. The number of benzene rings is 2. The van der Waals surface area contributed by atoms with E-state index in [1.54, 1.807) is 48.8 Å². The van der Waals surface area contributed by atoms with Crippen molar-refractivity contribution in [3.8, 4) is 11.5 Å². The third-order valence-electron chi connectivity index (χ3n) is 2.91. The molecule has 0 N–H and O–H groups in total. The minimum absolute atomic E-state index is 0.223. The molecule has 2 aromatic carbocycles. The molecule has 101 valence electrons. The molecule has 4 nitrogen and oxygen atoms in total. The molecule has 1 radical (unpaired) electrons. The van der Waals surface area contributed by atoms with Crippen molar-refractivity contribution in [1.82, 2.24) is 0 Å². The van der Waals surface area contributed by atoms with Gasteiger partial charge in [0.2, 0.25) is 6.29 Å². The van der Waals surface area contributed by atoms with Crippen LogP contribution in [0.4, 0.5) is 0 Å². The summed E-state index contributed by atoms with van der Waals surface area (Å²) in [6, 6.07) is 11.6. The van der Waals surface area contributed by atoms with Crippen molar-refractivity contribution >= 4 is 12.1 Å². The van der Waals surface area contributed by atoms with Crippen molar-refractivity contribution in [3.63, 3.8) is 0 Å². The lowest BCUT2D eigenvalue weighted by Gasteiger charge is -2.10. The fourth-order valence-corrected chi connectivity index (χ4v) is 1.94. The minimum atomic E-state index is -0.238. The summed E-state index contributed by atoms with van der Waals surface area (Å²) in [5.74, 6) is 0.584. The van der Waals surface area contributed by atoms with Gasteiger partial charge in [-0.15, -0.1) is 0 Å². The molecular formula is C16H13O4. The van der Waals surface area contributed by atoms with Crippen molar-refractivity contribution in [2.45, 2.75) is 0 Å². The molecule has 0 fully saturated rings. The van der Waals surface area contributed by atoms with Gasteiger partial charge in [0.05, 0.1) is 25.3 Å². The molecule has 0 spiro atoms. The van der Waals surface area contributed by atoms with Gasteiger partial charge in [0.25, 0.3) is 0 Å². The number of ketones is 1. The Balaban J connectivity index is 2.50. The summed E-state index contributed by atoms with van der Waals surface area (Å²) in [5, 5.41) is 0. The molecule has 0 heterocycles. The highest BCUT2D eigenvalue weighted by Crippen LogP contribution is 2.26. The molecule has 0 unspecified atom stereocenters. The first kappa shape index (κ1) is 13.8. The second-order valence-corrected chi connectivity index (χ2v) is 4.05. The number of rotatable bonds is 5. The standard InChI is InChI=1S/C16H13O4/c1-19-13-7-3-5-11(9-13)15(18)14-8-4-6-12(10-17)16(14)20-2/h3-9H,1-2H3. The molecule has 0 saturated heterocycles. The topological polar surface area (TPSA) is 52.6 Å². The van der Waals surface area contributed by atoms with Gasteiger partial charge < -0.3 is 9.47 Å². The van der Waals surface area contributed by atoms with Crippen LogP contribution in [0.25, 0.3) is 0 Å². The molecule has 2 rings (SSSR count). The largest absolute Gasteiger partial charge is 0.497 e. The summed E-state index contributed by atoms with van der Waals surface area (Å²) >= 11 is 0. The van der Waals surface area contributed by atoms with Crippen LogP contribution in [0.15, 0.2) is 42.5 Å². The zero-order chi connectivity index (χ0) is 14.5. The quantitative estimate of drug-likeness (QED) is 0.782. The lowest BCUT2D eigenvalue weighted by molar-refractivity contribution is 0.103. The van der Waals surface area contributed by atoms with E-state index in [4.69, 9.17) is 9.47 Å². The Hall–Kier alpha value is -2.62. The lowest BCUT2D eigenvalue weighted by Crippen LogP contribution is -2.06. The van der Waals surface area contributed by atoms with E-state index in [2.05, 4.69) is 0 Å². The third kappa shape index (κ3) is 2.54. The molecule has 0 atom stereocenters. The summed E-state index contributed by atoms with van der Waals surface area (Å²) in [6.07, 6.45) is 1.76. The van der Waals surface area contributed by atoms with E-state index in [1.165, 1.54) is 14.2 Å². The van der Waals surface area contributed by atoms with E-state index in [-0.39, 0.29) is 17.1 Å². The SMILES string of the molecule is COc1cccc(C(=O)c2cccc([C]=O)c2OC)c1. The van der Waals surface area contributed by atoms with E-state index in [0.717, 1.165) is 0 Å². The Kier molecular flexibility index (Phi) is 4.15. The predicted molar refractivity (Wildman–Crippen MR) is 74.2 cm³/mol. The number of methoxy groups -OCH3 is 2. The van der Waals surface area contributed by atoms with Gasteiger partial charge in [-0.05, 0) is 24.3 Å². The molecule has 0 bridgehead atoms. The first-order chi connectivity index (χ1) is 9.71. The number of hydrogen-bond donors (Lipinski definition) is 0. The molecule has 0 aliphatic rings. The summed E-state index contributed by atoms with van der Waals surface area (Å²) < 4.78 is 10.2. The minimum Gasteiger partial charge on any atom is -0.497 e. The zero-order valence-corrected chi connectivity index (χ0v) is 11.2. The number of para-hydroxylation sites is 1. The van der Waals surface area contributed by atoms with Crippen LogP contribution < -0.4 is 9.47 Å². The van der Waals surface area contributed by atoms with Crippen LogP contribution in [0.2, 0.25) is 0 Å². The summed E-state index contributed by atoms with van der Waals surface area (Å²) in [5.41, 5.74) is 1.01. The first-order valence-corrected chi connectivity index (χ1v) is 5.95. The molecule has 0 saturated carbocycles. The van der Waals surface area contributed by atoms with Gasteiger partial charge in [0, 0.05) is 5.56 Å². The maximum Gasteiger partial charge on any atom is 0.237 e. The van der Waals surface area contributed by atoms with E-state index in [0.29, 0.717) is 16.9 Å². The summed E-state index contributed by atoms with van der Waals surface area (Å²) in [7, 11) is 2.95. The van der Waals surface area contributed by atoms with Crippen molar-refractivity contribution in [1.29, 1.82) is 0 Å². The highest BCUT2D eigenvalue weighted by molar-refractivity contribution is 6.12. The highest BCUT2D eigenvalue weighted by atomic mass is 16.5. The monoisotopic (exact) mass is 269 g/mol. The smallest absolute Gasteiger partial charge is 0.237 e. The van der Waals surface area contributed by atoms with Crippen LogP contribution in [-0.4, -0.2) is 26.3 Å². The predicted octanol–water partition coefficient (Wildman–Crippen LogP) is 2.39. The number of carbonyl (C=O) groups is 1. The average molecular weight is 269 g/mol. The Morgan fingerprint density at radius 1 is 1.05 bits per heavy atom. The van der Waals surface area contributed by atoms with Crippen LogP contribution in [0.1, 0.15) is 21.5 Å². The second kappa shape index (κ2) is 6.02. The molecule has 2 aromatic rings. The zero-order valence-electron chi connectivity index (χ0n) is 11.2. The number of ether oxygens (including phenoxy) is 2. The van der Waals surface area contributed by atoms with Crippen LogP contribution in [0.3, 0.4) is 0 Å². The van der Waals surface area contributed by atoms with Gasteiger partial charge in [-0.1, -0.05) is 18.2 Å². The fourth-order valence-electron chi connectivity index (χ4n) is 1.94. The second-order valence-electron chi connectivity index (χ2n) is 4.05. The molecular weight excluding hydrogens is 256 g/mol. The maximum absolute atomic E-state index is 12.5. The van der Waals surface area contributed by atoms with Crippen LogP contribution in [0, 0.1) is 0 Å². The average Bonchev–Trinajstić information content (AvgIpc) is 2.53. The molecule has 0 amide bonds. The van der Waals surface area contributed by atoms with Crippen molar-refractivity contribution < 1.29 is 19.1 Å². The van der Waals surface area contributed by atoms with Gasteiger partial charge in [-0.25, -0.2) is 0 Å². The van der Waals surface area contributed by atoms with Crippen molar-refractivity contribution in [2.75, 3.05) is 14.2 Å². The van der Waals surface area contributed by atoms with Gasteiger partial charge >= 0.3 is 0 Å². The van der Waals surface area contributed by atoms with Crippen molar-refractivity contribution in [2.24, 2.45) is 0 Å². The summed E-state index contributed by atoms with van der Waals surface area (Å²) in [6.45, 7) is 0. The number of carbonyl (C=O) groups excluding carboxylic acids is 2. The van der Waals surface area contributed by atoms with Gasteiger partial charge in [-0.3, -0.25) is 9.59 Å². The number of hydrogen-bond acceptors (Lipinski definition) is 4. The fraction of sp³-hybridized carbons (Fsp3) is 0.125. The Morgan fingerprint density at radius 3 is 2.45 bits per heavy atom. The summed E-state index contributed by atoms with van der Waals surface area (Å²) in [4.78, 5) is 23.4. The van der Waals surface area contributed by atoms with Crippen LogP contribution >= 0.6 is 0 Å². The molecule has 0 aliphatic heterocycles. The molecule has 0 aliphatic carbocycles. The first-order valence-electron chi connectivity index (χ1n) is 5.95. The van der Waals surface area contributed by atoms with Gasteiger partial charge in [0.15, 0.2) is 5.78 Å². The molecule has 20 heavy (non-hydrogen) atoms. The van der Waals surface area contributed by atoms with E-state index in [9.17, 15) is 9.59 Å². The normalized spacial score (nSPS) is 9.90. The Morgan fingerprint density at radius 2 is 1.80 bits per heavy atom.